The van der Waals surface area contributed by atoms with Crippen LogP contribution in [0.3, 0.4) is 0 Å². The molecule has 0 spiro atoms. The molecule has 2 fully saturated rings. The van der Waals surface area contributed by atoms with Crippen molar-refractivity contribution in [3.63, 3.8) is 0 Å². The first-order valence-corrected chi connectivity index (χ1v) is 9.79. The summed E-state index contributed by atoms with van der Waals surface area (Å²) in [5, 5.41) is 0. The fraction of sp³-hybridized carbons (Fsp3) is 0.364. The van der Waals surface area contributed by atoms with Crippen LogP contribution in [0.25, 0.3) is 0 Å². The van der Waals surface area contributed by atoms with Crippen molar-refractivity contribution >= 4 is 23.2 Å². The van der Waals surface area contributed by atoms with Crippen molar-refractivity contribution in [2.45, 2.75) is 6.42 Å². The van der Waals surface area contributed by atoms with Gasteiger partial charge in [-0.3, -0.25) is 9.59 Å². The zero-order valence-electron chi connectivity index (χ0n) is 16.4. The minimum atomic E-state index is -0.356. The van der Waals surface area contributed by atoms with Crippen molar-refractivity contribution in [3.8, 4) is 5.75 Å². The van der Waals surface area contributed by atoms with Crippen LogP contribution >= 0.6 is 0 Å². The third-order valence-corrected chi connectivity index (χ3v) is 5.63. The number of amides is 2. The highest BCUT2D eigenvalue weighted by molar-refractivity contribution is 6.00. The maximum atomic E-state index is 13.1. The minimum Gasteiger partial charge on any atom is -0.495 e. The summed E-state index contributed by atoms with van der Waals surface area (Å²) in [4.78, 5) is 31.0. The van der Waals surface area contributed by atoms with Crippen LogP contribution in [0.4, 0.5) is 15.8 Å². The molecule has 29 heavy (non-hydrogen) atoms. The van der Waals surface area contributed by atoms with Gasteiger partial charge in [-0.15, -0.1) is 0 Å². The smallest absolute Gasteiger partial charge is 0.228 e. The molecule has 7 heteroatoms. The van der Waals surface area contributed by atoms with E-state index in [1.54, 1.807) is 24.1 Å². The molecule has 0 bridgehead atoms. The molecular formula is C22H24FN3O3. The molecule has 2 aliphatic heterocycles. The molecule has 1 atom stereocenters. The molecule has 1 unspecified atom stereocenters. The van der Waals surface area contributed by atoms with Gasteiger partial charge in [-0.1, -0.05) is 12.1 Å². The normalized spacial score (nSPS) is 19.6. The summed E-state index contributed by atoms with van der Waals surface area (Å²) >= 11 is 0. The van der Waals surface area contributed by atoms with E-state index in [4.69, 9.17) is 4.74 Å². The summed E-state index contributed by atoms with van der Waals surface area (Å²) in [6.07, 6.45) is 0.197. The molecule has 0 aliphatic carbocycles. The summed E-state index contributed by atoms with van der Waals surface area (Å²) in [6.45, 7) is 3.00. The second kappa shape index (κ2) is 8.11. The molecule has 0 radical (unpaired) electrons. The summed E-state index contributed by atoms with van der Waals surface area (Å²) in [5.41, 5.74) is 1.66. The van der Waals surface area contributed by atoms with Gasteiger partial charge in [0, 0.05) is 44.8 Å². The topological polar surface area (TPSA) is 53.1 Å². The summed E-state index contributed by atoms with van der Waals surface area (Å²) < 4.78 is 18.6. The van der Waals surface area contributed by atoms with Crippen molar-refractivity contribution in [3.05, 3.63) is 54.3 Å². The lowest BCUT2D eigenvalue weighted by Crippen LogP contribution is -2.50. The molecule has 4 rings (SSSR count). The lowest BCUT2D eigenvalue weighted by Gasteiger charge is -2.37. The number of piperazine rings is 1. The zero-order valence-corrected chi connectivity index (χ0v) is 16.4. The maximum Gasteiger partial charge on any atom is 0.228 e. The van der Waals surface area contributed by atoms with E-state index < -0.39 is 0 Å². The third-order valence-electron chi connectivity index (χ3n) is 5.63. The Kier molecular flexibility index (Phi) is 5.38. The predicted molar refractivity (Wildman–Crippen MR) is 109 cm³/mol. The van der Waals surface area contributed by atoms with Gasteiger partial charge >= 0.3 is 0 Å². The third kappa shape index (κ3) is 3.90. The average Bonchev–Trinajstić information content (AvgIpc) is 3.15. The number of rotatable bonds is 4. The molecule has 0 saturated carbocycles. The van der Waals surface area contributed by atoms with Crippen molar-refractivity contribution in [1.29, 1.82) is 0 Å². The van der Waals surface area contributed by atoms with Crippen molar-refractivity contribution in [1.82, 2.24) is 4.90 Å². The second-order valence-corrected chi connectivity index (χ2v) is 7.37. The number of nitrogens with zero attached hydrogens (tertiary/aromatic N) is 3. The minimum absolute atomic E-state index is 0.0163. The Hall–Kier alpha value is -3.09. The van der Waals surface area contributed by atoms with Gasteiger partial charge in [-0.2, -0.15) is 0 Å². The van der Waals surface area contributed by atoms with E-state index in [1.165, 1.54) is 12.1 Å². The number of anilines is 2. The van der Waals surface area contributed by atoms with E-state index in [0.29, 0.717) is 38.4 Å². The number of hydrogen-bond acceptors (Lipinski definition) is 4. The molecule has 2 aromatic rings. The summed E-state index contributed by atoms with van der Waals surface area (Å²) in [5.74, 6) is 0.0418. The van der Waals surface area contributed by atoms with E-state index in [1.807, 2.05) is 29.2 Å². The Morgan fingerprint density at radius 3 is 2.41 bits per heavy atom. The van der Waals surface area contributed by atoms with Gasteiger partial charge < -0.3 is 19.4 Å². The van der Waals surface area contributed by atoms with Crippen LogP contribution in [0.15, 0.2) is 48.5 Å². The fourth-order valence-corrected chi connectivity index (χ4v) is 4.06. The Bertz CT molecular complexity index is 894. The second-order valence-electron chi connectivity index (χ2n) is 7.37. The van der Waals surface area contributed by atoms with E-state index in [9.17, 15) is 14.0 Å². The molecule has 0 aromatic heterocycles. The van der Waals surface area contributed by atoms with Crippen LogP contribution in [0.5, 0.6) is 5.75 Å². The highest BCUT2D eigenvalue weighted by Gasteiger charge is 2.38. The van der Waals surface area contributed by atoms with Crippen molar-refractivity contribution < 1.29 is 18.7 Å². The summed E-state index contributed by atoms with van der Waals surface area (Å²) in [7, 11) is 1.66. The molecule has 0 N–H and O–H groups in total. The van der Waals surface area contributed by atoms with Gasteiger partial charge in [-0.25, -0.2) is 4.39 Å². The quantitative estimate of drug-likeness (QED) is 0.796. The summed E-state index contributed by atoms with van der Waals surface area (Å²) in [6, 6.07) is 13.7. The van der Waals surface area contributed by atoms with Gasteiger partial charge in [0.05, 0.1) is 18.7 Å². The van der Waals surface area contributed by atoms with E-state index in [0.717, 1.165) is 11.4 Å². The maximum absolute atomic E-state index is 13.1. The Morgan fingerprint density at radius 1 is 1.03 bits per heavy atom. The number of benzene rings is 2. The van der Waals surface area contributed by atoms with Crippen LogP contribution in [-0.4, -0.2) is 56.5 Å². The molecule has 2 aliphatic rings. The van der Waals surface area contributed by atoms with Gasteiger partial charge in [0.2, 0.25) is 11.8 Å². The lowest BCUT2D eigenvalue weighted by molar-refractivity contribution is -0.136. The predicted octanol–water partition coefficient (Wildman–Crippen LogP) is 2.54. The molecule has 6 nitrogen and oxygen atoms in total. The highest BCUT2D eigenvalue weighted by Crippen LogP contribution is 2.30. The molecule has 2 aromatic carbocycles. The van der Waals surface area contributed by atoms with Crippen molar-refractivity contribution in [2.24, 2.45) is 5.92 Å². The highest BCUT2D eigenvalue weighted by atomic mass is 19.1. The van der Waals surface area contributed by atoms with E-state index >= 15 is 0 Å². The first-order valence-electron chi connectivity index (χ1n) is 9.79. The number of hydrogen-bond donors (Lipinski definition) is 0. The Balaban J connectivity index is 1.37. The largest absolute Gasteiger partial charge is 0.495 e. The van der Waals surface area contributed by atoms with Crippen LogP contribution in [0.2, 0.25) is 0 Å². The zero-order chi connectivity index (χ0) is 20.4. The van der Waals surface area contributed by atoms with Crippen LogP contribution < -0.4 is 14.5 Å². The molecule has 2 heterocycles. The number of methoxy groups -OCH3 is 1. The SMILES string of the molecule is COc1ccccc1N1CCN(C(=O)C2CC(=O)N(c3ccc(F)cc3)C2)CC1. The molecule has 2 saturated heterocycles. The Morgan fingerprint density at radius 2 is 1.72 bits per heavy atom. The van der Waals surface area contributed by atoms with E-state index in [-0.39, 0.29) is 30.0 Å². The van der Waals surface area contributed by atoms with Gasteiger partial charge in [0.25, 0.3) is 0 Å². The van der Waals surface area contributed by atoms with Crippen LogP contribution in [-0.2, 0) is 9.59 Å². The number of carbonyl (C=O) groups excluding carboxylic acids is 2. The average molecular weight is 397 g/mol. The van der Waals surface area contributed by atoms with Crippen LogP contribution in [0.1, 0.15) is 6.42 Å². The molecular weight excluding hydrogens is 373 g/mol. The lowest BCUT2D eigenvalue weighted by atomic mass is 10.1. The fourth-order valence-electron chi connectivity index (χ4n) is 4.06. The molecule has 152 valence electrons. The molecule has 2 amide bonds. The number of ether oxygens (including phenoxy) is 1. The standard InChI is InChI=1S/C22H24FN3O3/c1-29-20-5-3-2-4-19(20)24-10-12-25(13-11-24)22(28)16-14-21(27)26(15-16)18-8-6-17(23)7-9-18/h2-9,16H,10-15H2,1H3. The van der Waals surface area contributed by atoms with Gasteiger partial charge in [0.15, 0.2) is 0 Å². The number of carbonyl (C=O) groups is 2. The number of halogens is 1. The van der Waals surface area contributed by atoms with Gasteiger partial charge in [0.1, 0.15) is 11.6 Å². The number of para-hydroxylation sites is 2. The first-order chi connectivity index (χ1) is 14.1. The van der Waals surface area contributed by atoms with E-state index in [2.05, 4.69) is 4.90 Å². The van der Waals surface area contributed by atoms with Crippen LogP contribution in [0, 0.1) is 11.7 Å². The monoisotopic (exact) mass is 397 g/mol. The Labute approximate surface area is 169 Å². The van der Waals surface area contributed by atoms with Crippen molar-refractivity contribution in [2.75, 3.05) is 49.6 Å². The first kappa shape index (κ1) is 19.2. The van der Waals surface area contributed by atoms with Gasteiger partial charge in [-0.05, 0) is 36.4 Å².